The van der Waals surface area contributed by atoms with Crippen molar-refractivity contribution in [3.8, 4) is 5.75 Å². The predicted octanol–water partition coefficient (Wildman–Crippen LogP) is 2.16. The van der Waals surface area contributed by atoms with E-state index in [1.807, 2.05) is 30.3 Å². The second-order valence-electron chi connectivity index (χ2n) is 4.70. The summed E-state index contributed by atoms with van der Waals surface area (Å²) in [6.45, 7) is 3.49. The molecule has 3 aromatic rings. The average Bonchev–Trinajstić information content (AvgIpc) is 2.84. The van der Waals surface area contributed by atoms with E-state index in [2.05, 4.69) is 27.9 Å². The molecule has 0 amide bonds. The minimum atomic E-state index is 0.0687. The lowest BCUT2D eigenvalue weighted by atomic mass is 10.2. The summed E-state index contributed by atoms with van der Waals surface area (Å²) in [7, 11) is 0. The molecule has 3 rings (SSSR count). The molecule has 4 heteroatoms. The van der Waals surface area contributed by atoms with Crippen LogP contribution in [0.2, 0.25) is 0 Å². The largest absolute Gasteiger partial charge is 0.872 e. The quantitative estimate of drug-likeness (QED) is 0.712. The van der Waals surface area contributed by atoms with E-state index < -0.39 is 0 Å². The van der Waals surface area contributed by atoms with Crippen molar-refractivity contribution in [3.05, 3.63) is 54.1 Å². The summed E-state index contributed by atoms with van der Waals surface area (Å²) in [6, 6.07) is 15.3. The highest BCUT2D eigenvalue weighted by atomic mass is 16.3. The number of para-hydroxylation sites is 3. The van der Waals surface area contributed by atoms with Crippen LogP contribution >= 0.6 is 0 Å². The van der Waals surface area contributed by atoms with Gasteiger partial charge in [0.25, 0.3) is 0 Å². The molecule has 0 atom stereocenters. The minimum Gasteiger partial charge on any atom is -0.872 e. The Labute approximate surface area is 117 Å². The fourth-order valence-corrected chi connectivity index (χ4v) is 2.43. The zero-order valence-electron chi connectivity index (χ0n) is 11.4. The Morgan fingerprint density at radius 1 is 1.10 bits per heavy atom. The molecular formula is C16H17N3O. The third kappa shape index (κ3) is 2.20. The van der Waals surface area contributed by atoms with Crippen molar-refractivity contribution in [2.24, 2.45) is 0 Å². The second-order valence-corrected chi connectivity index (χ2v) is 4.70. The first kappa shape index (κ1) is 12.5. The number of benzene rings is 2. The van der Waals surface area contributed by atoms with Crippen LogP contribution in [0.15, 0.2) is 48.5 Å². The van der Waals surface area contributed by atoms with E-state index in [0.717, 1.165) is 29.1 Å². The molecule has 20 heavy (non-hydrogen) atoms. The molecule has 0 saturated heterocycles. The zero-order valence-corrected chi connectivity index (χ0v) is 11.4. The number of nitrogens with zero attached hydrogens (tertiary/aromatic N) is 1. The topological polar surface area (TPSA) is 54.8 Å². The molecule has 0 bridgehead atoms. The normalized spacial score (nSPS) is 10.8. The van der Waals surface area contributed by atoms with Gasteiger partial charge < -0.3 is 5.11 Å². The van der Waals surface area contributed by atoms with Crippen molar-refractivity contribution in [2.45, 2.75) is 20.0 Å². The summed E-state index contributed by atoms with van der Waals surface area (Å²) >= 11 is 0. The molecule has 0 aliphatic heterocycles. The van der Waals surface area contributed by atoms with Gasteiger partial charge in [0.15, 0.2) is 0 Å². The van der Waals surface area contributed by atoms with Crippen molar-refractivity contribution in [1.29, 1.82) is 0 Å². The zero-order chi connectivity index (χ0) is 13.9. The number of aromatic nitrogens is 2. The first-order valence-electron chi connectivity index (χ1n) is 6.79. The molecule has 102 valence electrons. The summed E-state index contributed by atoms with van der Waals surface area (Å²) in [5.74, 6) is 0.996. The second kappa shape index (κ2) is 5.25. The molecule has 0 spiro atoms. The lowest BCUT2D eigenvalue weighted by Crippen LogP contribution is -2.34. The maximum Gasteiger partial charge on any atom is 0.356 e. The molecule has 0 aliphatic rings. The van der Waals surface area contributed by atoms with Gasteiger partial charge in [0.05, 0.1) is 13.1 Å². The van der Waals surface area contributed by atoms with E-state index in [1.165, 1.54) is 0 Å². The van der Waals surface area contributed by atoms with E-state index in [1.54, 1.807) is 12.1 Å². The summed E-state index contributed by atoms with van der Waals surface area (Å²) in [5.41, 5.74) is 3.02. The number of hydrogen-bond donors (Lipinski definition) is 2. The van der Waals surface area contributed by atoms with E-state index >= 15 is 0 Å². The Morgan fingerprint density at radius 2 is 1.85 bits per heavy atom. The highest BCUT2D eigenvalue weighted by Gasteiger charge is 2.14. The summed E-state index contributed by atoms with van der Waals surface area (Å²) in [5, 5.41) is 15.0. The maximum atomic E-state index is 11.7. The molecule has 0 aliphatic carbocycles. The predicted molar refractivity (Wildman–Crippen MR) is 77.4 cm³/mol. The molecule has 2 N–H and O–H groups in total. The van der Waals surface area contributed by atoms with Crippen LogP contribution in [0, 0.1) is 0 Å². The van der Waals surface area contributed by atoms with Crippen LogP contribution in [0.3, 0.4) is 0 Å². The van der Waals surface area contributed by atoms with Gasteiger partial charge in [0.2, 0.25) is 0 Å². The summed E-state index contributed by atoms with van der Waals surface area (Å²) in [6.07, 6.45) is 0. The van der Waals surface area contributed by atoms with E-state index in [9.17, 15) is 5.11 Å². The van der Waals surface area contributed by atoms with Crippen LogP contribution < -0.4 is 15.0 Å². The van der Waals surface area contributed by atoms with Gasteiger partial charge >= 0.3 is 5.95 Å². The maximum absolute atomic E-state index is 11.7. The minimum absolute atomic E-state index is 0.0687. The number of H-pyrrole nitrogens is 1. The van der Waals surface area contributed by atoms with Gasteiger partial charge in [-0.2, -0.15) is 0 Å². The fraction of sp³-hybridized carbons (Fsp3) is 0.188. The van der Waals surface area contributed by atoms with Crippen molar-refractivity contribution >= 4 is 17.0 Å². The summed E-state index contributed by atoms with van der Waals surface area (Å²) < 4.78 is 2.17. The van der Waals surface area contributed by atoms with E-state index in [-0.39, 0.29) is 5.75 Å². The van der Waals surface area contributed by atoms with Crippen LogP contribution in [0.5, 0.6) is 5.75 Å². The Morgan fingerprint density at radius 3 is 2.65 bits per heavy atom. The Bertz CT molecular complexity index is 733. The molecular weight excluding hydrogens is 250 g/mol. The molecule has 2 aromatic carbocycles. The van der Waals surface area contributed by atoms with Gasteiger partial charge in [-0.1, -0.05) is 36.4 Å². The first-order chi connectivity index (χ1) is 9.79. The van der Waals surface area contributed by atoms with Gasteiger partial charge in [0, 0.05) is 0 Å². The number of anilines is 1. The molecule has 1 heterocycles. The monoisotopic (exact) mass is 267 g/mol. The van der Waals surface area contributed by atoms with Crippen LogP contribution in [-0.2, 0) is 13.1 Å². The standard InChI is InChI=1S/C16H17N3O/c1-2-19-14-9-5-4-8-13(14)18-16(19)17-11-12-7-3-6-10-15(12)20/h3-10H,2,11H2,1H3,(H2,17,18,20). The van der Waals surface area contributed by atoms with Crippen LogP contribution in [0.1, 0.15) is 12.5 Å². The molecule has 0 unspecified atom stereocenters. The van der Waals surface area contributed by atoms with Crippen LogP contribution in [-0.4, -0.2) is 4.98 Å². The third-order valence-electron chi connectivity index (χ3n) is 3.45. The lowest BCUT2D eigenvalue weighted by Gasteiger charge is -2.11. The molecule has 1 aromatic heterocycles. The third-order valence-corrected chi connectivity index (χ3v) is 3.45. The van der Waals surface area contributed by atoms with Gasteiger partial charge in [-0.15, -0.1) is 5.75 Å². The number of fused-ring (bicyclic) bond motifs is 1. The number of imidazole rings is 1. The Kier molecular flexibility index (Phi) is 3.29. The van der Waals surface area contributed by atoms with Gasteiger partial charge in [-0.25, -0.2) is 9.55 Å². The number of hydrogen-bond acceptors (Lipinski definition) is 2. The molecule has 0 fully saturated rings. The van der Waals surface area contributed by atoms with Gasteiger partial charge in [-0.05, 0) is 24.6 Å². The SMILES string of the molecule is CC[n+]1c(NCc2ccccc2[O-])[nH]c2ccccc21. The molecule has 4 nitrogen and oxygen atoms in total. The smallest absolute Gasteiger partial charge is 0.356 e. The van der Waals surface area contributed by atoms with E-state index in [0.29, 0.717) is 6.54 Å². The van der Waals surface area contributed by atoms with Crippen molar-refractivity contribution in [1.82, 2.24) is 4.98 Å². The van der Waals surface area contributed by atoms with Crippen molar-refractivity contribution < 1.29 is 9.67 Å². The number of aryl methyl sites for hydroxylation is 1. The number of aromatic amines is 1. The Hall–Kier alpha value is -2.49. The molecule has 0 saturated carbocycles. The van der Waals surface area contributed by atoms with Crippen molar-refractivity contribution in [3.63, 3.8) is 0 Å². The fourth-order valence-electron chi connectivity index (χ4n) is 2.43. The number of nitrogens with one attached hydrogen (secondary N) is 2. The first-order valence-corrected chi connectivity index (χ1v) is 6.79. The van der Waals surface area contributed by atoms with Gasteiger partial charge in [-0.3, -0.25) is 5.32 Å². The summed E-state index contributed by atoms with van der Waals surface area (Å²) in [4.78, 5) is 3.35. The lowest BCUT2D eigenvalue weighted by molar-refractivity contribution is -0.653. The highest BCUT2D eigenvalue weighted by Crippen LogP contribution is 2.15. The van der Waals surface area contributed by atoms with Gasteiger partial charge in [0.1, 0.15) is 11.0 Å². The Balaban J connectivity index is 1.89. The highest BCUT2D eigenvalue weighted by molar-refractivity contribution is 5.72. The van der Waals surface area contributed by atoms with Crippen LogP contribution in [0.25, 0.3) is 11.0 Å². The molecule has 0 radical (unpaired) electrons. The van der Waals surface area contributed by atoms with Crippen molar-refractivity contribution in [2.75, 3.05) is 5.32 Å². The number of rotatable bonds is 4. The van der Waals surface area contributed by atoms with Crippen LogP contribution in [0.4, 0.5) is 5.95 Å². The van der Waals surface area contributed by atoms with E-state index in [4.69, 9.17) is 0 Å². The average molecular weight is 267 g/mol.